The second-order valence-corrected chi connectivity index (χ2v) is 4.84. The van der Waals surface area contributed by atoms with E-state index < -0.39 is 0 Å². The maximum Gasteiger partial charge on any atom is 0.274 e. The Hall–Kier alpha value is -1.04. The molecule has 0 radical (unpaired) electrons. The van der Waals surface area contributed by atoms with Crippen LogP contribution in [0.1, 0.15) is 10.5 Å². The lowest BCUT2D eigenvalue weighted by Gasteiger charge is -2.05. The second kappa shape index (κ2) is 5.08. The highest BCUT2D eigenvalue weighted by molar-refractivity contribution is 9.10. The van der Waals surface area contributed by atoms with Crippen molar-refractivity contribution in [1.29, 1.82) is 0 Å². The number of anilines is 1. The highest BCUT2D eigenvalue weighted by atomic mass is 79.9. The summed E-state index contributed by atoms with van der Waals surface area (Å²) in [7, 11) is 0. The van der Waals surface area contributed by atoms with E-state index in [1.54, 1.807) is 18.2 Å². The number of rotatable bonds is 2. The maximum absolute atomic E-state index is 11.8. The average molecular weight is 335 g/mol. The Labute approximate surface area is 115 Å². The summed E-state index contributed by atoms with van der Waals surface area (Å²) in [5.41, 5.74) is 0.905. The van der Waals surface area contributed by atoms with Crippen LogP contribution in [0, 0.1) is 0 Å². The smallest absolute Gasteiger partial charge is 0.274 e. The number of nitrogens with zero attached hydrogens (tertiary/aromatic N) is 1. The van der Waals surface area contributed by atoms with Gasteiger partial charge in [-0.05, 0) is 34.1 Å². The third-order valence-electron chi connectivity index (χ3n) is 2.00. The van der Waals surface area contributed by atoms with Gasteiger partial charge in [0.05, 0.1) is 20.7 Å². The molecule has 2 rings (SSSR count). The number of halogens is 3. The van der Waals surface area contributed by atoms with Crippen molar-refractivity contribution in [1.82, 2.24) is 10.2 Å². The number of nitrogens with one attached hydrogen (secondary N) is 2. The van der Waals surface area contributed by atoms with Crippen LogP contribution in [-0.2, 0) is 0 Å². The molecule has 1 amide bonds. The molecule has 0 spiro atoms. The molecule has 0 bridgehead atoms. The molecule has 0 saturated heterocycles. The van der Waals surface area contributed by atoms with E-state index in [0.717, 1.165) is 0 Å². The summed E-state index contributed by atoms with van der Waals surface area (Å²) in [6.45, 7) is 0. The summed E-state index contributed by atoms with van der Waals surface area (Å²) in [5.74, 6) is -0.312. The van der Waals surface area contributed by atoms with Gasteiger partial charge < -0.3 is 5.32 Å². The van der Waals surface area contributed by atoms with E-state index in [-0.39, 0.29) is 5.91 Å². The Balaban J connectivity index is 2.19. The van der Waals surface area contributed by atoms with Crippen LogP contribution in [0.2, 0.25) is 10.0 Å². The summed E-state index contributed by atoms with van der Waals surface area (Å²) in [6.07, 6.45) is 1.50. The van der Waals surface area contributed by atoms with E-state index >= 15 is 0 Å². The predicted molar refractivity (Wildman–Crippen MR) is 70.7 cm³/mol. The third kappa shape index (κ3) is 2.80. The number of aromatic amines is 1. The zero-order chi connectivity index (χ0) is 12.4. The fraction of sp³-hybridized carbons (Fsp3) is 0. The number of hydrogen-bond acceptors (Lipinski definition) is 2. The van der Waals surface area contributed by atoms with Crippen molar-refractivity contribution in [2.75, 3.05) is 5.32 Å². The summed E-state index contributed by atoms with van der Waals surface area (Å²) in [5, 5.41) is 9.81. The van der Waals surface area contributed by atoms with Crippen molar-refractivity contribution in [3.63, 3.8) is 0 Å². The average Bonchev–Trinajstić information content (AvgIpc) is 2.70. The van der Waals surface area contributed by atoms with E-state index in [9.17, 15) is 4.79 Å². The molecule has 7 heteroatoms. The number of aromatic nitrogens is 2. The van der Waals surface area contributed by atoms with E-state index in [1.807, 2.05) is 0 Å². The van der Waals surface area contributed by atoms with Crippen molar-refractivity contribution >= 4 is 50.7 Å². The van der Waals surface area contributed by atoms with Gasteiger partial charge in [0.2, 0.25) is 0 Å². The molecule has 4 nitrogen and oxygen atoms in total. The monoisotopic (exact) mass is 333 g/mol. The Morgan fingerprint density at radius 3 is 2.71 bits per heavy atom. The number of H-pyrrole nitrogens is 1. The predicted octanol–water partition coefficient (Wildman–Crippen LogP) is 3.73. The van der Waals surface area contributed by atoms with Crippen molar-refractivity contribution in [3.8, 4) is 0 Å². The highest BCUT2D eigenvalue weighted by Crippen LogP contribution is 2.25. The molecule has 0 unspecified atom stereocenters. The van der Waals surface area contributed by atoms with Crippen molar-refractivity contribution in [3.05, 3.63) is 44.6 Å². The molecular weight excluding hydrogens is 329 g/mol. The number of carbonyl (C=O) groups excluding carboxylic acids is 1. The summed E-state index contributed by atoms with van der Waals surface area (Å²) in [6, 6.07) is 4.85. The molecular formula is C10H6BrCl2N3O. The van der Waals surface area contributed by atoms with Gasteiger partial charge in [-0.2, -0.15) is 5.10 Å². The van der Waals surface area contributed by atoms with Gasteiger partial charge in [0, 0.05) is 5.69 Å². The zero-order valence-corrected chi connectivity index (χ0v) is 11.4. The Kier molecular flexibility index (Phi) is 3.71. The Morgan fingerprint density at radius 2 is 2.12 bits per heavy atom. The van der Waals surface area contributed by atoms with Crippen LogP contribution in [0.4, 0.5) is 5.69 Å². The largest absolute Gasteiger partial charge is 0.321 e. The fourth-order valence-corrected chi connectivity index (χ4v) is 1.87. The Bertz CT molecular complexity index is 570. The first-order valence-corrected chi connectivity index (χ1v) is 6.08. The quantitative estimate of drug-likeness (QED) is 0.879. The van der Waals surface area contributed by atoms with E-state index in [4.69, 9.17) is 23.2 Å². The molecule has 0 aliphatic carbocycles. The molecule has 88 valence electrons. The summed E-state index contributed by atoms with van der Waals surface area (Å²) in [4.78, 5) is 11.8. The normalized spacial score (nSPS) is 10.3. The summed E-state index contributed by atoms with van der Waals surface area (Å²) < 4.78 is 0.593. The highest BCUT2D eigenvalue weighted by Gasteiger charge is 2.12. The van der Waals surface area contributed by atoms with Crippen molar-refractivity contribution < 1.29 is 4.79 Å². The van der Waals surface area contributed by atoms with Gasteiger partial charge in [0.25, 0.3) is 5.91 Å². The standard InChI is InChI=1S/C10H6BrCl2N3O/c11-6-4-14-16-9(6)10(17)15-5-1-2-7(12)8(13)3-5/h1-4H,(H,14,16)(H,15,17). The first-order valence-electron chi connectivity index (χ1n) is 4.53. The van der Waals surface area contributed by atoms with Gasteiger partial charge in [-0.1, -0.05) is 23.2 Å². The molecule has 2 N–H and O–H groups in total. The van der Waals surface area contributed by atoms with E-state index in [2.05, 4.69) is 31.4 Å². The van der Waals surface area contributed by atoms with Crippen LogP contribution in [0.25, 0.3) is 0 Å². The molecule has 17 heavy (non-hydrogen) atoms. The lowest BCUT2D eigenvalue weighted by Crippen LogP contribution is -2.12. The van der Waals surface area contributed by atoms with Gasteiger partial charge in [-0.15, -0.1) is 0 Å². The van der Waals surface area contributed by atoms with E-state index in [0.29, 0.717) is 25.9 Å². The lowest BCUT2D eigenvalue weighted by atomic mass is 10.3. The van der Waals surface area contributed by atoms with E-state index in [1.165, 1.54) is 6.20 Å². The van der Waals surface area contributed by atoms with Crippen LogP contribution >= 0.6 is 39.1 Å². The van der Waals surface area contributed by atoms with Crippen LogP contribution in [-0.4, -0.2) is 16.1 Å². The first-order chi connectivity index (χ1) is 8.08. The van der Waals surface area contributed by atoms with Gasteiger partial charge in [0.15, 0.2) is 0 Å². The minimum atomic E-state index is -0.312. The van der Waals surface area contributed by atoms with Gasteiger partial charge >= 0.3 is 0 Å². The van der Waals surface area contributed by atoms with Crippen molar-refractivity contribution in [2.24, 2.45) is 0 Å². The molecule has 0 atom stereocenters. The minimum absolute atomic E-state index is 0.312. The number of benzene rings is 1. The zero-order valence-electron chi connectivity index (χ0n) is 8.30. The molecule has 2 aromatic rings. The maximum atomic E-state index is 11.8. The molecule has 0 saturated carbocycles. The summed E-state index contributed by atoms with van der Waals surface area (Å²) >= 11 is 14.8. The Morgan fingerprint density at radius 1 is 1.35 bits per heavy atom. The van der Waals surface area contributed by atoms with Gasteiger partial charge in [0.1, 0.15) is 5.69 Å². The number of hydrogen-bond donors (Lipinski definition) is 2. The number of carbonyl (C=O) groups is 1. The van der Waals surface area contributed by atoms with Crippen LogP contribution in [0.3, 0.4) is 0 Å². The molecule has 1 aromatic heterocycles. The van der Waals surface area contributed by atoms with Crippen LogP contribution in [0.5, 0.6) is 0 Å². The molecule has 0 aliphatic rings. The van der Waals surface area contributed by atoms with Gasteiger partial charge in [-0.3, -0.25) is 9.89 Å². The second-order valence-electron chi connectivity index (χ2n) is 3.18. The molecule has 0 fully saturated rings. The molecule has 0 aliphatic heterocycles. The number of amides is 1. The molecule has 1 heterocycles. The molecule has 1 aromatic carbocycles. The van der Waals surface area contributed by atoms with Crippen LogP contribution < -0.4 is 5.32 Å². The SMILES string of the molecule is O=C(Nc1ccc(Cl)c(Cl)c1)c1[nH]ncc1Br. The topological polar surface area (TPSA) is 57.8 Å². The fourth-order valence-electron chi connectivity index (χ4n) is 1.20. The van der Waals surface area contributed by atoms with Gasteiger partial charge in [-0.25, -0.2) is 0 Å². The lowest BCUT2D eigenvalue weighted by molar-refractivity contribution is 0.102. The third-order valence-corrected chi connectivity index (χ3v) is 3.34. The van der Waals surface area contributed by atoms with Crippen molar-refractivity contribution in [2.45, 2.75) is 0 Å². The first kappa shape index (κ1) is 12.4. The van der Waals surface area contributed by atoms with Crippen LogP contribution in [0.15, 0.2) is 28.9 Å². The minimum Gasteiger partial charge on any atom is -0.321 e.